The van der Waals surface area contributed by atoms with Crippen LogP contribution in [-0.4, -0.2) is 29.6 Å². The van der Waals surface area contributed by atoms with Gasteiger partial charge in [-0.25, -0.2) is 0 Å². The van der Waals surface area contributed by atoms with E-state index in [1.165, 1.54) is 6.07 Å². The maximum atomic E-state index is 12.1. The van der Waals surface area contributed by atoms with Crippen molar-refractivity contribution in [3.05, 3.63) is 23.8 Å². The minimum atomic E-state index is -0.327. The number of benzene rings is 1. The van der Waals surface area contributed by atoms with Crippen LogP contribution in [0.4, 0.5) is 0 Å². The lowest BCUT2D eigenvalue weighted by molar-refractivity contribution is 0.0186. The Morgan fingerprint density at radius 3 is 2.82 bits per heavy atom. The van der Waals surface area contributed by atoms with Gasteiger partial charge in [0.15, 0.2) is 5.78 Å². The molecule has 1 spiro atoms. The van der Waals surface area contributed by atoms with Crippen LogP contribution in [0.1, 0.15) is 29.6 Å². The summed E-state index contributed by atoms with van der Waals surface area (Å²) in [5.74, 6) is 0.798. The highest BCUT2D eigenvalue weighted by Crippen LogP contribution is 2.39. The fourth-order valence-corrected chi connectivity index (χ4v) is 2.64. The number of piperidine rings is 1. The summed E-state index contributed by atoms with van der Waals surface area (Å²) in [6.07, 6.45) is 2.14. The molecular formula is C13H15NO3. The second-order valence-electron chi connectivity index (χ2n) is 4.82. The number of aromatic hydroxyl groups is 1. The third-order valence-electron chi connectivity index (χ3n) is 3.59. The van der Waals surface area contributed by atoms with Crippen LogP contribution in [0, 0.1) is 0 Å². The summed E-state index contributed by atoms with van der Waals surface area (Å²) < 4.78 is 6.01. The Morgan fingerprint density at radius 2 is 2.06 bits per heavy atom. The highest BCUT2D eigenvalue weighted by atomic mass is 16.5. The summed E-state index contributed by atoms with van der Waals surface area (Å²) in [5.41, 5.74) is 0.181. The summed E-state index contributed by atoms with van der Waals surface area (Å²) in [5, 5.41) is 12.7. The predicted molar refractivity (Wildman–Crippen MR) is 62.5 cm³/mol. The Morgan fingerprint density at radius 1 is 1.29 bits per heavy atom. The summed E-state index contributed by atoms with van der Waals surface area (Å²) in [6, 6.07) is 4.74. The SMILES string of the molecule is O=C1CC2(CCNCC2)Oc2ccc(O)cc21. The number of phenolic OH excluding ortho intramolecular Hbond substituents is 1. The van der Waals surface area contributed by atoms with Crippen LogP contribution in [-0.2, 0) is 0 Å². The fourth-order valence-electron chi connectivity index (χ4n) is 2.64. The van der Waals surface area contributed by atoms with Crippen molar-refractivity contribution in [1.82, 2.24) is 5.32 Å². The second kappa shape index (κ2) is 3.74. The fraction of sp³-hybridized carbons (Fsp3) is 0.462. The molecule has 2 N–H and O–H groups in total. The Hall–Kier alpha value is -1.55. The van der Waals surface area contributed by atoms with Gasteiger partial charge in [-0.05, 0) is 31.3 Å². The minimum Gasteiger partial charge on any atom is -0.508 e. The molecule has 0 aromatic heterocycles. The molecule has 1 saturated heterocycles. The molecule has 1 aromatic rings. The number of nitrogens with one attached hydrogen (secondary N) is 1. The van der Waals surface area contributed by atoms with E-state index < -0.39 is 0 Å². The molecule has 0 aliphatic carbocycles. The highest BCUT2D eigenvalue weighted by Gasteiger charge is 2.41. The molecule has 2 aliphatic heterocycles. The Kier molecular flexibility index (Phi) is 2.33. The van der Waals surface area contributed by atoms with E-state index in [0.29, 0.717) is 17.7 Å². The minimum absolute atomic E-state index is 0.0732. The van der Waals surface area contributed by atoms with E-state index in [1.54, 1.807) is 12.1 Å². The number of carbonyl (C=O) groups is 1. The van der Waals surface area contributed by atoms with E-state index in [-0.39, 0.29) is 17.1 Å². The van der Waals surface area contributed by atoms with E-state index in [4.69, 9.17) is 4.74 Å². The van der Waals surface area contributed by atoms with E-state index in [0.717, 1.165) is 25.9 Å². The Balaban J connectivity index is 1.97. The molecule has 1 fully saturated rings. The summed E-state index contributed by atoms with van der Waals surface area (Å²) in [4.78, 5) is 12.1. The summed E-state index contributed by atoms with van der Waals surface area (Å²) in [7, 11) is 0. The average molecular weight is 233 g/mol. The van der Waals surface area contributed by atoms with Crippen molar-refractivity contribution in [2.75, 3.05) is 13.1 Å². The van der Waals surface area contributed by atoms with Crippen LogP contribution in [0.3, 0.4) is 0 Å². The van der Waals surface area contributed by atoms with Crippen LogP contribution in [0.15, 0.2) is 18.2 Å². The molecule has 2 aliphatic rings. The average Bonchev–Trinajstić information content (AvgIpc) is 2.31. The van der Waals surface area contributed by atoms with Crippen LogP contribution in [0.5, 0.6) is 11.5 Å². The lowest BCUT2D eigenvalue weighted by atomic mass is 9.83. The van der Waals surface area contributed by atoms with E-state index in [9.17, 15) is 9.90 Å². The van der Waals surface area contributed by atoms with Crippen molar-refractivity contribution in [2.45, 2.75) is 24.9 Å². The van der Waals surface area contributed by atoms with Crippen molar-refractivity contribution < 1.29 is 14.6 Å². The zero-order valence-corrected chi connectivity index (χ0v) is 9.53. The lowest BCUT2D eigenvalue weighted by Crippen LogP contribution is -2.49. The topological polar surface area (TPSA) is 58.6 Å². The largest absolute Gasteiger partial charge is 0.508 e. The van der Waals surface area contributed by atoms with Gasteiger partial charge < -0.3 is 15.2 Å². The molecule has 3 rings (SSSR count). The molecule has 0 unspecified atom stereocenters. The normalized spacial score (nSPS) is 22.0. The molecule has 0 bridgehead atoms. The van der Waals surface area contributed by atoms with Gasteiger partial charge >= 0.3 is 0 Å². The number of Topliss-reactive ketones (excluding diaryl/α,β-unsaturated/α-hetero) is 1. The molecule has 4 heteroatoms. The maximum absolute atomic E-state index is 12.1. The van der Waals surface area contributed by atoms with Crippen molar-refractivity contribution in [3.8, 4) is 11.5 Å². The van der Waals surface area contributed by atoms with E-state index in [1.807, 2.05) is 0 Å². The Bertz CT molecular complexity index is 464. The first-order chi connectivity index (χ1) is 8.19. The number of hydrogen-bond donors (Lipinski definition) is 2. The van der Waals surface area contributed by atoms with Gasteiger partial charge in [0.2, 0.25) is 0 Å². The molecule has 90 valence electrons. The number of rotatable bonds is 0. The molecule has 1 aromatic carbocycles. The predicted octanol–water partition coefficient (Wildman–Crippen LogP) is 1.48. The number of phenols is 1. The second-order valence-corrected chi connectivity index (χ2v) is 4.82. The maximum Gasteiger partial charge on any atom is 0.170 e. The van der Waals surface area contributed by atoms with Gasteiger partial charge in [-0.15, -0.1) is 0 Å². The number of fused-ring (bicyclic) bond motifs is 1. The summed E-state index contributed by atoms with van der Waals surface area (Å²) >= 11 is 0. The zero-order chi connectivity index (χ0) is 11.9. The molecule has 0 radical (unpaired) electrons. The van der Waals surface area contributed by atoms with E-state index in [2.05, 4.69) is 5.32 Å². The quantitative estimate of drug-likeness (QED) is 0.712. The number of hydrogen-bond acceptors (Lipinski definition) is 4. The first kappa shape index (κ1) is 10.6. The number of ketones is 1. The smallest absolute Gasteiger partial charge is 0.170 e. The molecule has 2 heterocycles. The standard InChI is InChI=1S/C13H15NO3/c15-9-1-2-12-10(7-9)11(16)8-13(17-12)3-5-14-6-4-13/h1-2,7,14-15H,3-6,8H2. The van der Waals surface area contributed by atoms with Gasteiger partial charge in [0.25, 0.3) is 0 Å². The highest BCUT2D eigenvalue weighted by molar-refractivity contribution is 6.00. The van der Waals surface area contributed by atoms with Crippen LogP contribution < -0.4 is 10.1 Å². The van der Waals surface area contributed by atoms with Crippen LogP contribution in [0.25, 0.3) is 0 Å². The van der Waals surface area contributed by atoms with Crippen molar-refractivity contribution >= 4 is 5.78 Å². The monoisotopic (exact) mass is 233 g/mol. The van der Waals surface area contributed by atoms with Crippen LogP contribution >= 0.6 is 0 Å². The van der Waals surface area contributed by atoms with Gasteiger partial charge in [0.1, 0.15) is 17.1 Å². The molecule has 17 heavy (non-hydrogen) atoms. The van der Waals surface area contributed by atoms with Gasteiger partial charge in [0.05, 0.1) is 12.0 Å². The lowest BCUT2D eigenvalue weighted by Gasteiger charge is -2.40. The van der Waals surface area contributed by atoms with Crippen molar-refractivity contribution in [3.63, 3.8) is 0 Å². The number of ether oxygens (including phenoxy) is 1. The summed E-state index contributed by atoms with van der Waals surface area (Å²) in [6.45, 7) is 1.78. The van der Waals surface area contributed by atoms with Crippen LogP contribution in [0.2, 0.25) is 0 Å². The third kappa shape index (κ3) is 1.78. The van der Waals surface area contributed by atoms with Gasteiger partial charge in [0, 0.05) is 12.8 Å². The first-order valence-electron chi connectivity index (χ1n) is 5.95. The third-order valence-corrected chi connectivity index (χ3v) is 3.59. The van der Waals surface area contributed by atoms with E-state index >= 15 is 0 Å². The van der Waals surface area contributed by atoms with Gasteiger partial charge in [-0.2, -0.15) is 0 Å². The molecule has 0 saturated carbocycles. The Labute approximate surface area is 99.6 Å². The van der Waals surface area contributed by atoms with Crippen molar-refractivity contribution in [1.29, 1.82) is 0 Å². The first-order valence-corrected chi connectivity index (χ1v) is 5.95. The molecule has 0 amide bonds. The molecule has 4 nitrogen and oxygen atoms in total. The van der Waals surface area contributed by atoms with Gasteiger partial charge in [-0.3, -0.25) is 4.79 Å². The zero-order valence-electron chi connectivity index (χ0n) is 9.53. The molecule has 0 atom stereocenters. The van der Waals surface area contributed by atoms with Gasteiger partial charge in [-0.1, -0.05) is 0 Å². The molecular weight excluding hydrogens is 218 g/mol. The number of carbonyl (C=O) groups excluding carboxylic acids is 1. The van der Waals surface area contributed by atoms with Crippen molar-refractivity contribution in [2.24, 2.45) is 0 Å².